The van der Waals surface area contributed by atoms with Crippen molar-refractivity contribution in [1.29, 1.82) is 0 Å². The first-order chi connectivity index (χ1) is 8.66. The van der Waals surface area contributed by atoms with Gasteiger partial charge in [-0.3, -0.25) is 0 Å². The zero-order valence-corrected chi connectivity index (χ0v) is 10.1. The van der Waals surface area contributed by atoms with E-state index in [1.54, 1.807) is 0 Å². The van der Waals surface area contributed by atoms with Gasteiger partial charge in [-0.2, -0.15) is 0 Å². The number of aryl methyl sites for hydroxylation is 1. The van der Waals surface area contributed by atoms with Crippen LogP contribution in [0.25, 0.3) is 17.2 Å². The third-order valence-corrected chi connectivity index (χ3v) is 2.80. The van der Waals surface area contributed by atoms with E-state index in [9.17, 15) is 8.78 Å². The molecule has 0 saturated carbocycles. The maximum atomic E-state index is 12.0. The molecule has 0 aliphatic heterocycles. The van der Waals surface area contributed by atoms with Crippen LogP contribution in [0, 0.1) is 6.92 Å². The Kier molecular flexibility index (Phi) is 3.88. The lowest BCUT2D eigenvalue weighted by Gasteiger charge is -2.05. The van der Waals surface area contributed by atoms with Crippen LogP contribution in [0.2, 0.25) is 0 Å². The van der Waals surface area contributed by atoms with Crippen LogP contribution in [0.15, 0.2) is 54.6 Å². The Morgan fingerprint density at radius 1 is 0.944 bits per heavy atom. The summed E-state index contributed by atoms with van der Waals surface area (Å²) in [5.74, 6) is 0. The van der Waals surface area contributed by atoms with Gasteiger partial charge in [0.25, 0.3) is 6.43 Å². The fraction of sp³-hybridized carbons (Fsp3) is 0.125. The van der Waals surface area contributed by atoms with Gasteiger partial charge in [-0.1, -0.05) is 54.6 Å². The molecule has 0 aromatic heterocycles. The third-order valence-electron chi connectivity index (χ3n) is 2.80. The number of alkyl halides is 2. The Balaban J connectivity index is 2.25. The largest absolute Gasteiger partial charge is 0.257 e. The van der Waals surface area contributed by atoms with E-state index in [-0.39, 0.29) is 0 Å². The minimum absolute atomic E-state index is 0.785. The predicted octanol–water partition coefficient (Wildman–Crippen LogP) is 4.94. The van der Waals surface area contributed by atoms with Crippen LogP contribution < -0.4 is 0 Å². The molecule has 0 nitrogen and oxygen atoms in total. The lowest BCUT2D eigenvalue weighted by molar-refractivity contribution is 0.205. The SMILES string of the molecule is Cc1ccccc1-c1ccc(/C=C/C(F)F)cc1. The summed E-state index contributed by atoms with van der Waals surface area (Å²) in [6, 6.07) is 15.7. The minimum Gasteiger partial charge on any atom is -0.206 e. The van der Waals surface area contributed by atoms with Crippen LogP contribution in [0.4, 0.5) is 8.78 Å². The van der Waals surface area contributed by atoms with E-state index in [0.29, 0.717) is 0 Å². The number of hydrogen-bond acceptors (Lipinski definition) is 0. The van der Waals surface area contributed by atoms with E-state index in [0.717, 1.165) is 17.2 Å². The molecule has 0 spiro atoms. The second-order valence-corrected chi connectivity index (χ2v) is 4.13. The monoisotopic (exact) mass is 244 g/mol. The molecule has 2 heteroatoms. The molecule has 0 heterocycles. The molecule has 0 amide bonds. The van der Waals surface area contributed by atoms with Crippen molar-refractivity contribution >= 4 is 6.08 Å². The smallest absolute Gasteiger partial charge is 0.206 e. The fourth-order valence-electron chi connectivity index (χ4n) is 1.85. The van der Waals surface area contributed by atoms with Crippen LogP contribution in [-0.4, -0.2) is 6.43 Å². The van der Waals surface area contributed by atoms with Crippen molar-refractivity contribution in [2.75, 3.05) is 0 Å². The summed E-state index contributed by atoms with van der Waals surface area (Å²) in [4.78, 5) is 0. The topological polar surface area (TPSA) is 0 Å². The number of halogens is 2. The normalized spacial score (nSPS) is 11.3. The van der Waals surface area contributed by atoms with Crippen LogP contribution >= 0.6 is 0 Å². The summed E-state index contributed by atoms with van der Waals surface area (Å²) in [7, 11) is 0. The van der Waals surface area contributed by atoms with Gasteiger partial charge in [0.1, 0.15) is 0 Å². The van der Waals surface area contributed by atoms with Crippen LogP contribution in [0.1, 0.15) is 11.1 Å². The molecular formula is C16H14F2. The zero-order chi connectivity index (χ0) is 13.0. The molecule has 0 radical (unpaired) electrons. The molecule has 2 aromatic rings. The molecule has 0 atom stereocenters. The summed E-state index contributed by atoms with van der Waals surface area (Å²) < 4.78 is 24.1. The van der Waals surface area contributed by atoms with Crippen molar-refractivity contribution in [2.24, 2.45) is 0 Å². The molecule has 2 rings (SSSR count). The number of benzene rings is 2. The summed E-state index contributed by atoms with van der Waals surface area (Å²) >= 11 is 0. The van der Waals surface area contributed by atoms with Crippen LogP contribution in [-0.2, 0) is 0 Å². The van der Waals surface area contributed by atoms with Gasteiger partial charge in [-0.15, -0.1) is 0 Å². The summed E-state index contributed by atoms with van der Waals surface area (Å²) in [5, 5.41) is 0. The number of hydrogen-bond donors (Lipinski definition) is 0. The molecular weight excluding hydrogens is 230 g/mol. The highest BCUT2D eigenvalue weighted by molar-refractivity contribution is 5.68. The highest BCUT2D eigenvalue weighted by atomic mass is 19.3. The molecule has 0 saturated heterocycles. The molecule has 0 N–H and O–H groups in total. The Labute approximate surface area is 106 Å². The minimum atomic E-state index is -2.40. The average molecular weight is 244 g/mol. The van der Waals surface area contributed by atoms with Gasteiger partial charge in [0.05, 0.1) is 0 Å². The average Bonchev–Trinajstić information content (AvgIpc) is 2.38. The molecule has 0 aliphatic rings. The number of allylic oxidation sites excluding steroid dienone is 1. The van der Waals surface area contributed by atoms with Gasteiger partial charge < -0.3 is 0 Å². The third kappa shape index (κ3) is 3.04. The van der Waals surface area contributed by atoms with Gasteiger partial charge >= 0.3 is 0 Å². The van der Waals surface area contributed by atoms with E-state index >= 15 is 0 Å². The Morgan fingerprint density at radius 3 is 2.22 bits per heavy atom. The lowest BCUT2D eigenvalue weighted by Crippen LogP contribution is -1.83. The molecule has 18 heavy (non-hydrogen) atoms. The highest BCUT2D eigenvalue weighted by Crippen LogP contribution is 2.23. The molecule has 0 aliphatic carbocycles. The first-order valence-electron chi connectivity index (χ1n) is 5.79. The van der Waals surface area contributed by atoms with Crippen molar-refractivity contribution in [3.8, 4) is 11.1 Å². The fourth-order valence-corrected chi connectivity index (χ4v) is 1.85. The predicted molar refractivity (Wildman–Crippen MR) is 71.7 cm³/mol. The van der Waals surface area contributed by atoms with Gasteiger partial charge in [-0.25, -0.2) is 8.78 Å². The molecule has 0 bridgehead atoms. The van der Waals surface area contributed by atoms with Crippen molar-refractivity contribution in [2.45, 2.75) is 13.3 Å². The summed E-state index contributed by atoms with van der Waals surface area (Å²) in [6.45, 7) is 2.06. The van der Waals surface area contributed by atoms with Gasteiger partial charge in [0.2, 0.25) is 0 Å². The van der Waals surface area contributed by atoms with Gasteiger partial charge in [0, 0.05) is 0 Å². The Bertz CT molecular complexity index is 539. The maximum absolute atomic E-state index is 12.0. The molecule has 2 aromatic carbocycles. The van der Waals surface area contributed by atoms with E-state index in [1.165, 1.54) is 17.2 Å². The van der Waals surface area contributed by atoms with Gasteiger partial charge in [0.15, 0.2) is 0 Å². The quantitative estimate of drug-likeness (QED) is 0.717. The first-order valence-corrected chi connectivity index (χ1v) is 5.79. The lowest BCUT2D eigenvalue weighted by atomic mass is 9.99. The van der Waals surface area contributed by atoms with Crippen LogP contribution in [0.3, 0.4) is 0 Å². The van der Waals surface area contributed by atoms with E-state index in [1.807, 2.05) is 36.4 Å². The van der Waals surface area contributed by atoms with Crippen molar-refractivity contribution in [3.05, 3.63) is 65.7 Å². The van der Waals surface area contributed by atoms with Gasteiger partial charge in [-0.05, 0) is 35.3 Å². The van der Waals surface area contributed by atoms with E-state index < -0.39 is 6.43 Å². The second kappa shape index (κ2) is 5.58. The van der Waals surface area contributed by atoms with Crippen molar-refractivity contribution in [1.82, 2.24) is 0 Å². The highest BCUT2D eigenvalue weighted by Gasteiger charge is 2.00. The molecule has 0 fully saturated rings. The van der Waals surface area contributed by atoms with Crippen LogP contribution in [0.5, 0.6) is 0 Å². The molecule has 92 valence electrons. The molecule has 0 unspecified atom stereocenters. The van der Waals surface area contributed by atoms with Crippen molar-refractivity contribution < 1.29 is 8.78 Å². The Hall–Kier alpha value is -1.96. The van der Waals surface area contributed by atoms with E-state index in [2.05, 4.69) is 19.1 Å². The summed E-state index contributed by atoms with van der Waals surface area (Å²) in [6.07, 6.45) is -0.0734. The Morgan fingerprint density at radius 2 is 1.61 bits per heavy atom. The second-order valence-electron chi connectivity index (χ2n) is 4.13. The standard InChI is InChI=1S/C16H14F2/c1-12-4-2-3-5-15(12)14-9-6-13(7-10-14)8-11-16(17)18/h2-11,16H,1H3/b11-8+. The zero-order valence-electron chi connectivity index (χ0n) is 10.1. The number of rotatable bonds is 3. The first kappa shape index (κ1) is 12.5. The maximum Gasteiger partial charge on any atom is 0.257 e. The summed E-state index contributed by atoms with van der Waals surface area (Å²) in [5.41, 5.74) is 4.25. The van der Waals surface area contributed by atoms with Crippen molar-refractivity contribution in [3.63, 3.8) is 0 Å². The van der Waals surface area contributed by atoms with E-state index in [4.69, 9.17) is 0 Å².